The second-order valence-corrected chi connectivity index (χ2v) is 5.95. The van der Waals surface area contributed by atoms with Crippen LogP contribution in [0.3, 0.4) is 0 Å². The highest BCUT2D eigenvalue weighted by molar-refractivity contribution is 9.10. The van der Waals surface area contributed by atoms with Gasteiger partial charge in [-0.3, -0.25) is 4.79 Å². The Bertz CT molecular complexity index is 756. The van der Waals surface area contributed by atoms with E-state index in [1.165, 1.54) is 13.2 Å². The molecule has 1 aliphatic rings. The number of carbonyl (C=O) groups excluding carboxylic acids is 1. The Balaban J connectivity index is 2.32. The second-order valence-electron chi connectivity index (χ2n) is 5.09. The normalized spacial score (nSPS) is 14.4. The summed E-state index contributed by atoms with van der Waals surface area (Å²) in [4.78, 5) is 14.1. The standard InChI is InChI=1S/C18H17BrN2O4/c1-3-6-25-17-11-15(19)13(10-16(17)23-2)9-14(12-20)18(22)21-4-7-24-8-5-21/h1,9-11H,4-8H2,2H3. The highest BCUT2D eigenvalue weighted by atomic mass is 79.9. The van der Waals surface area contributed by atoms with E-state index >= 15 is 0 Å². The lowest BCUT2D eigenvalue weighted by Crippen LogP contribution is -2.41. The van der Waals surface area contributed by atoms with Crippen LogP contribution in [0.25, 0.3) is 6.08 Å². The third-order valence-corrected chi connectivity index (χ3v) is 4.23. The molecular formula is C18H17BrN2O4. The van der Waals surface area contributed by atoms with E-state index in [1.54, 1.807) is 17.0 Å². The number of nitriles is 1. The molecule has 0 aromatic heterocycles. The van der Waals surface area contributed by atoms with Crippen LogP contribution in [0.2, 0.25) is 0 Å². The number of ether oxygens (including phenoxy) is 3. The highest BCUT2D eigenvalue weighted by Gasteiger charge is 2.21. The fourth-order valence-electron chi connectivity index (χ4n) is 2.29. The molecule has 7 heteroatoms. The number of rotatable bonds is 5. The van der Waals surface area contributed by atoms with Gasteiger partial charge in [0.15, 0.2) is 11.5 Å². The molecule has 0 unspecified atom stereocenters. The predicted octanol–water partition coefficient (Wildman–Crippen LogP) is 2.24. The molecule has 0 spiro atoms. The smallest absolute Gasteiger partial charge is 0.264 e. The van der Waals surface area contributed by atoms with Crippen molar-refractivity contribution in [3.05, 3.63) is 27.7 Å². The van der Waals surface area contributed by atoms with Crippen molar-refractivity contribution in [1.29, 1.82) is 5.26 Å². The van der Waals surface area contributed by atoms with Gasteiger partial charge in [0.05, 0.1) is 20.3 Å². The summed E-state index contributed by atoms with van der Waals surface area (Å²) in [5.41, 5.74) is 0.671. The first-order chi connectivity index (χ1) is 12.1. The number of amides is 1. The Morgan fingerprint density at radius 2 is 2.16 bits per heavy atom. The number of methoxy groups -OCH3 is 1. The van der Waals surface area contributed by atoms with Crippen molar-refractivity contribution in [3.8, 4) is 29.9 Å². The molecule has 0 N–H and O–H groups in total. The number of carbonyl (C=O) groups is 1. The van der Waals surface area contributed by atoms with E-state index in [2.05, 4.69) is 21.9 Å². The zero-order chi connectivity index (χ0) is 18.2. The number of halogens is 1. The van der Waals surface area contributed by atoms with Crippen LogP contribution in [-0.2, 0) is 9.53 Å². The predicted molar refractivity (Wildman–Crippen MR) is 96.0 cm³/mol. The summed E-state index contributed by atoms with van der Waals surface area (Å²) in [6, 6.07) is 5.34. The van der Waals surface area contributed by atoms with Crippen molar-refractivity contribution in [1.82, 2.24) is 4.90 Å². The van der Waals surface area contributed by atoms with Crippen LogP contribution in [0, 0.1) is 23.7 Å². The molecule has 1 amide bonds. The van der Waals surface area contributed by atoms with Gasteiger partial charge in [-0.2, -0.15) is 5.26 Å². The maximum absolute atomic E-state index is 12.5. The van der Waals surface area contributed by atoms with E-state index in [0.29, 0.717) is 47.8 Å². The van der Waals surface area contributed by atoms with Crippen LogP contribution in [0.4, 0.5) is 0 Å². The number of morpholine rings is 1. The zero-order valence-electron chi connectivity index (χ0n) is 13.8. The van der Waals surface area contributed by atoms with E-state index in [4.69, 9.17) is 20.6 Å². The van der Waals surface area contributed by atoms with Crippen LogP contribution in [0.5, 0.6) is 11.5 Å². The Morgan fingerprint density at radius 3 is 2.76 bits per heavy atom. The van der Waals surface area contributed by atoms with Crippen LogP contribution >= 0.6 is 15.9 Å². The molecule has 0 atom stereocenters. The van der Waals surface area contributed by atoms with E-state index in [9.17, 15) is 10.1 Å². The Labute approximate surface area is 155 Å². The first-order valence-corrected chi connectivity index (χ1v) is 8.32. The van der Waals surface area contributed by atoms with E-state index in [-0.39, 0.29) is 18.1 Å². The number of terminal acetylenes is 1. The summed E-state index contributed by atoms with van der Waals surface area (Å²) >= 11 is 3.42. The maximum atomic E-state index is 12.5. The Kier molecular flexibility index (Phi) is 6.88. The lowest BCUT2D eigenvalue weighted by molar-refractivity contribution is -0.130. The van der Waals surface area contributed by atoms with Crippen LogP contribution in [0.1, 0.15) is 5.56 Å². The van der Waals surface area contributed by atoms with Gasteiger partial charge in [0.25, 0.3) is 5.91 Å². The molecule has 1 aromatic carbocycles. The molecular weight excluding hydrogens is 388 g/mol. The molecule has 1 fully saturated rings. The SMILES string of the molecule is C#CCOc1cc(Br)c(C=C(C#N)C(=O)N2CCOCC2)cc1OC. The maximum Gasteiger partial charge on any atom is 0.264 e. The number of benzene rings is 1. The zero-order valence-corrected chi connectivity index (χ0v) is 15.3. The molecule has 25 heavy (non-hydrogen) atoms. The van der Waals surface area contributed by atoms with Gasteiger partial charge in [-0.05, 0) is 23.8 Å². The van der Waals surface area contributed by atoms with Crippen molar-refractivity contribution in [3.63, 3.8) is 0 Å². The Hall–Kier alpha value is -2.48. The van der Waals surface area contributed by atoms with Crippen molar-refractivity contribution >= 4 is 27.9 Å². The van der Waals surface area contributed by atoms with Crippen LogP contribution in [0.15, 0.2) is 22.2 Å². The topological polar surface area (TPSA) is 71.8 Å². The largest absolute Gasteiger partial charge is 0.493 e. The van der Waals surface area contributed by atoms with Crippen LogP contribution < -0.4 is 9.47 Å². The second kappa shape index (κ2) is 9.12. The third kappa shape index (κ3) is 4.76. The first kappa shape index (κ1) is 18.9. The number of hydrogen-bond donors (Lipinski definition) is 0. The van der Waals surface area contributed by atoms with Crippen molar-refractivity contribution in [2.24, 2.45) is 0 Å². The lowest BCUT2D eigenvalue weighted by Gasteiger charge is -2.26. The molecule has 0 aliphatic carbocycles. The Morgan fingerprint density at radius 1 is 1.44 bits per heavy atom. The number of nitrogens with zero attached hydrogens (tertiary/aromatic N) is 2. The van der Waals surface area contributed by atoms with Gasteiger partial charge in [-0.25, -0.2) is 0 Å². The summed E-state index contributed by atoms with van der Waals surface area (Å²) < 4.78 is 16.6. The molecule has 0 saturated carbocycles. The van der Waals surface area contributed by atoms with Gasteiger partial charge >= 0.3 is 0 Å². The van der Waals surface area contributed by atoms with E-state index in [0.717, 1.165) is 0 Å². The van der Waals surface area contributed by atoms with Gasteiger partial charge < -0.3 is 19.1 Å². The van der Waals surface area contributed by atoms with Gasteiger partial charge in [0, 0.05) is 17.6 Å². The first-order valence-electron chi connectivity index (χ1n) is 7.53. The molecule has 1 aliphatic heterocycles. The lowest BCUT2D eigenvalue weighted by atomic mass is 10.1. The third-order valence-electron chi connectivity index (χ3n) is 3.54. The summed E-state index contributed by atoms with van der Waals surface area (Å²) in [7, 11) is 1.50. The minimum Gasteiger partial charge on any atom is -0.493 e. The minimum absolute atomic E-state index is 0.0435. The summed E-state index contributed by atoms with van der Waals surface area (Å²) in [5.74, 6) is 3.00. The molecule has 130 valence electrons. The molecule has 1 aromatic rings. The molecule has 0 radical (unpaired) electrons. The van der Waals surface area contributed by atoms with Gasteiger partial charge in [0.2, 0.25) is 0 Å². The molecule has 2 rings (SSSR count). The highest BCUT2D eigenvalue weighted by Crippen LogP contribution is 2.34. The average molecular weight is 405 g/mol. The number of hydrogen-bond acceptors (Lipinski definition) is 5. The van der Waals surface area contributed by atoms with Crippen LogP contribution in [-0.4, -0.2) is 50.8 Å². The average Bonchev–Trinajstić information content (AvgIpc) is 2.65. The summed E-state index contributed by atoms with van der Waals surface area (Å²) in [6.45, 7) is 2.01. The molecule has 1 heterocycles. The fraction of sp³-hybridized carbons (Fsp3) is 0.333. The quantitative estimate of drug-likeness (QED) is 0.427. The summed E-state index contributed by atoms with van der Waals surface area (Å²) in [6.07, 6.45) is 6.72. The van der Waals surface area contributed by atoms with Crippen molar-refractivity contribution < 1.29 is 19.0 Å². The van der Waals surface area contributed by atoms with E-state index in [1.807, 2.05) is 6.07 Å². The van der Waals surface area contributed by atoms with E-state index < -0.39 is 0 Å². The fourth-order valence-corrected chi connectivity index (χ4v) is 2.72. The molecule has 1 saturated heterocycles. The molecule has 0 bridgehead atoms. The van der Waals surface area contributed by atoms with Gasteiger partial charge in [-0.1, -0.05) is 21.9 Å². The van der Waals surface area contributed by atoms with Gasteiger partial charge in [0.1, 0.15) is 18.2 Å². The minimum atomic E-state index is -0.315. The molecule has 6 nitrogen and oxygen atoms in total. The summed E-state index contributed by atoms with van der Waals surface area (Å²) in [5, 5.41) is 9.39. The van der Waals surface area contributed by atoms with Gasteiger partial charge in [-0.15, -0.1) is 6.42 Å². The van der Waals surface area contributed by atoms with Crippen molar-refractivity contribution in [2.45, 2.75) is 0 Å². The van der Waals surface area contributed by atoms with Crippen molar-refractivity contribution in [2.75, 3.05) is 40.0 Å². The monoisotopic (exact) mass is 404 g/mol.